The van der Waals surface area contributed by atoms with Crippen LogP contribution in [0.5, 0.6) is 0 Å². The monoisotopic (exact) mass is 819 g/mol. The van der Waals surface area contributed by atoms with Crippen molar-refractivity contribution in [1.82, 2.24) is 15.0 Å². The summed E-state index contributed by atoms with van der Waals surface area (Å²) in [6, 6.07) is 75.0. The lowest BCUT2D eigenvalue weighted by molar-refractivity contribution is 0.660. The van der Waals surface area contributed by atoms with E-state index in [9.17, 15) is 0 Å². The molecule has 11 aromatic rings. The summed E-state index contributed by atoms with van der Waals surface area (Å²) in [4.78, 5) is 15.7. The molecule has 2 aromatic heterocycles. The molecule has 4 nitrogen and oxygen atoms in total. The van der Waals surface area contributed by atoms with Crippen LogP contribution in [-0.2, 0) is 5.41 Å². The summed E-state index contributed by atoms with van der Waals surface area (Å²) < 4.78 is 6.68. The largest absolute Gasteiger partial charge is 0.456 e. The highest BCUT2D eigenvalue weighted by Crippen LogP contribution is 2.49. The molecule has 0 atom stereocenters. The van der Waals surface area contributed by atoms with Crippen molar-refractivity contribution in [3.8, 4) is 89.8 Å². The Morgan fingerprint density at radius 2 is 0.812 bits per heavy atom. The minimum Gasteiger partial charge on any atom is -0.456 e. The number of nitrogens with zero attached hydrogens (tertiary/aromatic N) is 3. The summed E-state index contributed by atoms with van der Waals surface area (Å²) in [6.45, 7) is 4.61. The van der Waals surface area contributed by atoms with E-state index in [1.807, 2.05) is 18.2 Å². The van der Waals surface area contributed by atoms with Crippen LogP contribution in [0.25, 0.3) is 112 Å². The van der Waals surface area contributed by atoms with Gasteiger partial charge in [0.05, 0.1) is 0 Å². The fraction of sp³-hybridized carbons (Fsp3) is 0.0500. The van der Waals surface area contributed by atoms with Crippen molar-refractivity contribution < 1.29 is 4.42 Å². The molecule has 64 heavy (non-hydrogen) atoms. The molecule has 0 spiro atoms. The maximum Gasteiger partial charge on any atom is 0.164 e. The normalized spacial score (nSPS) is 12.7. The predicted molar refractivity (Wildman–Crippen MR) is 263 cm³/mol. The quantitative estimate of drug-likeness (QED) is 0.161. The zero-order valence-corrected chi connectivity index (χ0v) is 35.5. The zero-order valence-electron chi connectivity index (χ0n) is 35.5. The molecule has 302 valence electrons. The van der Waals surface area contributed by atoms with E-state index >= 15 is 0 Å². The third-order valence-corrected chi connectivity index (χ3v) is 12.9. The Labute approximate surface area is 372 Å². The van der Waals surface area contributed by atoms with Crippen molar-refractivity contribution >= 4 is 21.9 Å². The van der Waals surface area contributed by atoms with Gasteiger partial charge in [0.2, 0.25) is 0 Å². The van der Waals surface area contributed by atoms with Crippen LogP contribution in [0.3, 0.4) is 0 Å². The first kappa shape index (κ1) is 37.5. The second-order valence-electron chi connectivity index (χ2n) is 17.2. The predicted octanol–water partition coefficient (Wildman–Crippen LogP) is 15.7. The maximum absolute atomic E-state index is 6.68. The van der Waals surface area contributed by atoms with E-state index in [1.54, 1.807) is 0 Å². The number of aromatic nitrogens is 3. The third-order valence-electron chi connectivity index (χ3n) is 12.9. The van der Waals surface area contributed by atoms with Gasteiger partial charge in [0.15, 0.2) is 17.5 Å². The molecule has 4 heteroatoms. The molecule has 0 amide bonds. The van der Waals surface area contributed by atoms with E-state index in [-0.39, 0.29) is 5.41 Å². The number of rotatable bonds is 7. The van der Waals surface area contributed by atoms with Gasteiger partial charge in [-0.1, -0.05) is 178 Å². The summed E-state index contributed by atoms with van der Waals surface area (Å²) in [7, 11) is 0. The van der Waals surface area contributed by atoms with Crippen LogP contribution < -0.4 is 0 Å². The number of furan rings is 1. The van der Waals surface area contributed by atoms with Gasteiger partial charge in [0.25, 0.3) is 0 Å². The van der Waals surface area contributed by atoms with Gasteiger partial charge in [-0.25, -0.2) is 15.0 Å². The molecule has 0 bridgehead atoms. The Balaban J connectivity index is 1.00. The van der Waals surface area contributed by atoms with Crippen LogP contribution in [0.2, 0.25) is 0 Å². The average Bonchev–Trinajstić information content (AvgIpc) is 3.85. The van der Waals surface area contributed by atoms with Gasteiger partial charge in [-0.3, -0.25) is 0 Å². The van der Waals surface area contributed by atoms with Crippen LogP contribution in [0.4, 0.5) is 0 Å². The first-order chi connectivity index (χ1) is 31.4. The Morgan fingerprint density at radius 1 is 0.312 bits per heavy atom. The van der Waals surface area contributed by atoms with Crippen molar-refractivity contribution in [2.24, 2.45) is 0 Å². The molecular weight excluding hydrogens is 779 g/mol. The first-order valence-electron chi connectivity index (χ1n) is 21.8. The van der Waals surface area contributed by atoms with Gasteiger partial charge in [0.1, 0.15) is 11.2 Å². The van der Waals surface area contributed by atoms with Gasteiger partial charge in [-0.2, -0.15) is 0 Å². The lowest BCUT2D eigenvalue weighted by atomic mass is 9.82. The first-order valence-corrected chi connectivity index (χ1v) is 21.8. The Hall–Kier alpha value is -8.21. The van der Waals surface area contributed by atoms with Crippen molar-refractivity contribution in [3.05, 3.63) is 223 Å². The van der Waals surface area contributed by atoms with Gasteiger partial charge in [0, 0.05) is 32.9 Å². The Morgan fingerprint density at radius 3 is 1.56 bits per heavy atom. The third kappa shape index (κ3) is 6.42. The second kappa shape index (κ2) is 15.0. The number of hydrogen-bond acceptors (Lipinski definition) is 4. The number of benzene rings is 9. The molecule has 9 aromatic carbocycles. The highest BCUT2D eigenvalue weighted by atomic mass is 16.3. The lowest BCUT2D eigenvalue weighted by Gasteiger charge is -2.21. The van der Waals surface area contributed by atoms with Crippen LogP contribution in [-0.4, -0.2) is 15.0 Å². The molecule has 0 aliphatic heterocycles. The van der Waals surface area contributed by atoms with Crippen molar-refractivity contribution in [2.45, 2.75) is 19.3 Å². The summed E-state index contributed by atoms with van der Waals surface area (Å²) in [5.74, 6) is 1.88. The van der Waals surface area contributed by atoms with Crippen molar-refractivity contribution in [1.29, 1.82) is 0 Å². The fourth-order valence-corrected chi connectivity index (χ4v) is 9.66. The highest BCUT2D eigenvalue weighted by Gasteiger charge is 2.35. The summed E-state index contributed by atoms with van der Waals surface area (Å²) in [5, 5.41) is 2.19. The van der Waals surface area contributed by atoms with E-state index in [0.29, 0.717) is 17.5 Å². The SMILES string of the molecule is CC1(C)c2ccccc2-c2ccc(-c3nc(-c4ccccc4)nc(-c4cc(-c5ccccc5)cc(-c5ccc6c(c5)oc5cccc(-c7cccc(-c8ccccc8)c7)c56)c4)n3)cc21. The standard InChI is InChI=1S/C60H41N3O/c1-60(2)52-26-13-12-24-49(52)50-30-29-44(36-53(50)60)58-61-57(40-20-10-5-11-21-40)62-59(63-58)47-34-45(39-18-8-4-9-19-39)33-46(35-47)42-28-31-51-55(37-42)64-54-27-15-25-48(56(51)54)43-23-14-22-41(32-43)38-16-6-3-7-17-38/h3-37H,1-2H3. The number of hydrogen-bond donors (Lipinski definition) is 0. The van der Waals surface area contributed by atoms with Gasteiger partial charge >= 0.3 is 0 Å². The van der Waals surface area contributed by atoms with Crippen LogP contribution in [0, 0.1) is 0 Å². The number of fused-ring (bicyclic) bond motifs is 6. The van der Waals surface area contributed by atoms with Crippen LogP contribution >= 0.6 is 0 Å². The summed E-state index contributed by atoms with van der Waals surface area (Å²) >= 11 is 0. The van der Waals surface area contributed by atoms with E-state index in [0.717, 1.165) is 72.0 Å². The van der Waals surface area contributed by atoms with Gasteiger partial charge < -0.3 is 4.42 Å². The van der Waals surface area contributed by atoms with Gasteiger partial charge in [-0.05, 0) is 115 Å². The Kier molecular flexibility index (Phi) is 8.80. The fourth-order valence-electron chi connectivity index (χ4n) is 9.66. The van der Waals surface area contributed by atoms with Crippen molar-refractivity contribution in [2.75, 3.05) is 0 Å². The van der Waals surface area contributed by atoms with E-state index in [2.05, 4.69) is 208 Å². The molecule has 0 unspecified atom stereocenters. The second-order valence-corrected chi connectivity index (χ2v) is 17.2. The average molecular weight is 820 g/mol. The van der Waals surface area contributed by atoms with Crippen LogP contribution in [0.1, 0.15) is 25.0 Å². The molecule has 0 radical (unpaired) electrons. The maximum atomic E-state index is 6.68. The molecular formula is C60H41N3O. The molecule has 0 saturated carbocycles. The summed E-state index contributed by atoms with van der Waals surface area (Å²) in [6.07, 6.45) is 0. The molecule has 0 saturated heterocycles. The summed E-state index contributed by atoms with van der Waals surface area (Å²) in [5.41, 5.74) is 18.4. The minimum absolute atomic E-state index is 0.158. The minimum atomic E-state index is -0.158. The van der Waals surface area contributed by atoms with Crippen LogP contribution in [0.15, 0.2) is 217 Å². The molecule has 2 heterocycles. The zero-order chi connectivity index (χ0) is 42.8. The Bertz CT molecular complexity index is 3570. The molecule has 12 rings (SSSR count). The lowest BCUT2D eigenvalue weighted by Crippen LogP contribution is -2.15. The highest BCUT2D eigenvalue weighted by molar-refractivity contribution is 6.13. The molecule has 0 fully saturated rings. The van der Waals surface area contributed by atoms with E-state index in [1.165, 1.54) is 33.4 Å². The van der Waals surface area contributed by atoms with Gasteiger partial charge in [-0.15, -0.1) is 0 Å². The smallest absolute Gasteiger partial charge is 0.164 e. The molecule has 1 aliphatic rings. The van der Waals surface area contributed by atoms with E-state index < -0.39 is 0 Å². The van der Waals surface area contributed by atoms with Crippen molar-refractivity contribution in [3.63, 3.8) is 0 Å². The molecule has 0 N–H and O–H groups in total. The van der Waals surface area contributed by atoms with E-state index in [4.69, 9.17) is 19.4 Å². The molecule has 1 aliphatic carbocycles. The topological polar surface area (TPSA) is 51.8 Å².